The van der Waals surface area contributed by atoms with E-state index in [9.17, 15) is 24.3 Å². The summed E-state index contributed by atoms with van der Waals surface area (Å²) < 4.78 is 5.21. The molecule has 4 heterocycles. The molecule has 0 aliphatic carbocycles. The van der Waals surface area contributed by atoms with Crippen LogP contribution in [0, 0.1) is 0 Å². The summed E-state index contributed by atoms with van der Waals surface area (Å²) in [6.45, 7) is 4.10. The number of hydrogen-bond acceptors (Lipinski definition) is 11. The van der Waals surface area contributed by atoms with Crippen molar-refractivity contribution >= 4 is 57.5 Å². The van der Waals surface area contributed by atoms with Gasteiger partial charge in [0.05, 0.1) is 28.8 Å². The van der Waals surface area contributed by atoms with Gasteiger partial charge in [0, 0.05) is 37.0 Å². The Kier molecular flexibility index (Phi) is 10.9. The second-order valence-electron chi connectivity index (χ2n) is 15.3. The fraction of sp³-hybridized carbons (Fsp3) is 0.120. The number of aromatic carboxylic acids is 1. The molecule has 0 radical (unpaired) electrons. The van der Waals surface area contributed by atoms with Gasteiger partial charge in [0.15, 0.2) is 0 Å². The zero-order valence-electron chi connectivity index (χ0n) is 34.6. The number of nitrogens with zero attached hydrogens (tertiary/aromatic N) is 6. The lowest BCUT2D eigenvalue weighted by Gasteiger charge is -2.17. The Morgan fingerprint density at radius 2 is 0.938 bits per heavy atom. The topological polar surface area (TPSA) is 208 Å². The molecule has 14 heteroatoms. The molecule has 14 nitrogen and oxygen atoms in total. The molecule has 0 fully saturated rings. The second kappa shape index (κ2) is 17.1. The van der Waals surface area contributed by atoms with E-state index in [4.69, 9.17) is 16.2 Å². The summed E-state index contributed by atoms with van der Waals surface area (Å²) in [6, 6.07) is 40.6. The van der Waals surface area contributed by atoms with Crippen LogP contribution >= 0.6 is 0 Å². The predicted molar refractivity (Wildman–Crippen MR) is 242 cm³/mol. The molecule has 10 rings (SSSR count). The smallest absolute Gasteiger partial charge is 0.338 e. The molecule has 316 valence electrons. The average molecular weight is 849 g/mol. The summed E-state index contributed by atoms with van der Waals surface area (Å²) in [5, 5.41) is 10.7. The van der Waals surface area contributed by atoms with Crippen molar-refractivity contribution in [3.63, 3.8) is 0 Å². The Morgan fingerprint density at radius 3 is 1.36 bits per heavy atom. The summed E-state index contributed by atoms with van der Waals surface area (Å²) in [4.78, 5) is 71.6. The van der Waals surface area contributed by atoms with Crippen LogP contribution in [0.1, 0.15) is 70.9 Å². The van der Waals surface area contributed by atoms with Crippen LogP contribution in [0.4, 0.5) is 11.9 Å². The molecule has 8 aromatic rings. The van der Waals surface area contributed by atoms with E-state index in [1.807, 2.05) is 72.8 Å². The summed E-state index contributed by atoms with van der Waals surface area (Å²) in [6.07, 6.45) is 0. The van der Waals surface area contributed by atoms with Gasteiger partial charge in [0.1, 0.15) is 11.4 Å². The maximum Gasteiger partial charge on any atom is 0.338 e. The Morgan fingerprint density at radius 1 is 0.547 bits per heavy atom. The van der Waals surface area contributed by atoms with Crippen LogP contribution in [0.3, 0.4) is 0 Å². The van der Waals surface area contributed by atoms with E-state index in [1.54, 1.807) is 77.4 Å². The van der Waals surface area contributed by atoms with E-state index in [-0.39, 0.29) is 47.3 Å². The van der Waals surface area contributed by atoms with Crippen LogP contribution in [-0.2, 0) is 30.9 Å². The van der Waals surface area contributed by atoms with Crippen LogP contribution in [0.25, 0.3) is 44.1 Å². The maximum absolute atomic E-state index is 13.5. The van der Waals surface area contributed by atoms with Gasteiger partial charge in [0.25, 0.3) is 11.8 Å². The third-order valence-electron chi connectivity index (χ3n) is 11.3. The highest BCUT2D eigenvalue weighted by Gasteiger charge is 2.29. The molecule has 0 bridgehead atoms. The van der Waals surface area contributed by atoms with Crippen LogP contribution in [0.5, 0.6) is 0 Å². The number of aromatic nitrogens is 4. The molecule has 2 aromatic heterocycles. The van der Waals surface area contributed by atoms with Gasteiger partial charge in [-0.2, -0.15) is 0 Å². The van der Waals surface area contributed by atoms with E-state index in [0.29, 0.717) is 70.2 Å². The molecule has 5 N–H and O–H groups in total. The van der Waals surface area contributed by atoms with Crippen molar-refractivity contribution in [2.75, 3.05) is 18.1 Å². The first kappa shape index (κ1) is 40.9. The number of rotatable bonds is 7. The van der Waals surface area contributed by atoms with Gasteiger partial charge in [-0.15, -0.1) is 0 Å². The number of hydrogen-bond donors (Lipinski definition) is 3. The number of esters is 1. The lowest BCUT2D eigenvalue weighted by molar-refractivity contribution is 0.0526. The third kappa shape index (κ3) is 7.91. The summed E-state index contributed by atoms with van der Waals surface area (Å²) >= 11 is 0. The molecule has 0 spiro atoms. The van der Waals surface area contributed by atoms with Gasteiger partial charge in [-0.05, 0) is 87.8 Å². The number of benzene rings is 6. The monoisotopic (exact) mass is 848 g/mol. The lowest BCUT2D eigenvalue weighted by atomic mass is 9.97. The van der Waals surface area contributed by atoms with Crippen molar-refractivity contribution in [3.05, 3.63) is 178 Å². The highest BCUT2D eigenvalue weighted by atomic mass is 16.5. The maximum atomic E-state index is 13.5. The van der Waals surface area contributed by atoms with Crippen molar-refractivity contribution in [2.45, 2.75) is 33.1 Å². The minimum absolute atomic E-state index is 0.0197. The third-order valence-corrected chi connectivity index (χ3v) is 11.3. The average Bonchev–Trinajstić information content (AvgIpc) is 3.96. The van der Waals surface area contributed by atoms with E-state index in [1.165, 1.54) is 0 Å². The molecule has 0 saturated carbocycles. The van der Waals surface area contributed by atoms with Crippen molar-refractivity contribution in [3.8, 4) is 22.3 Å². The number of carbonyl (C=O) groups excluding carboxylic acids is 3. The SMILES string of the molecule is CCOC(=O)c1ccccc1-c1ccc2nc(N)nc(C(=O)N3Cc4ccccc4C3)c2c1.Nc1nc(C(=O)N2Cc3ccccc3C2)c2cc(-c3ccccc3C(=O)O)ccc2n1. The first-order valence-electron chi connectivity index (χ1n) is 20.5. The molecule has 2 aliphatic rings. The quantitative estimate of drug-likeness (QED) is 0.131. The minimum atomic E-state index is -1.02. The molecule has 6 aromatic carbocycles. The van der Waals surface area contributed by atoms with E-state index in [0.717, 1.165) is 27.8 Å². The Hall–Kier alpha value is -8.52. The van der Waals surface area contributed by atoms with Gasteiger partial charge < -0.3 is 31.1 Å². The molecule has 0 atom stereocenters. The van der Waals surface area contributed by atoms with E-state index in [2.05, 4.69) is 19.9 Å². The highest BCUT2D eigenvalue weighted by Crippen LogP contribution is 2.33. The van der Waals surface area contributed by atoms with Gasteiger partial charge in [-0.3, -0.25) is 9.59 Å². The molecule has 0 saturated heterocycles. The van der Waals surface area contributed by atoms with Crippen LogP contribution in [0.15, 0.2) is 133 Å². The fourth-order valence-corrected chi connectivity index (χ4v) is 8.25. The number of carboxylic acids is 1. The number of nitrogens with two attached hydrogens (primary N) is 2. The summed E-state index contributed by atoms with van der Waals surface area (Å²) in [5.41, 5.74) is 21.2. The van der Waals surface area contributed by atoms with E-state index < -0.39 is 11.9 Å². The van der Waals surface area contributed by atoms with Crippen LogP contribution in [0.2, 0.25) is 0 Å². The van der Waals surface area contributed by atoms with Crippen LogP contribution < -0.4 is 11.5 Å². The first-order valence-corrected chi connectivity index (χ1v) is 20.5. The Balaban J connectivity index is 0.000000162. The van der Waals surface area contributed by atoms with Crippen molar-refractivity contribution in [2.24, 2.45) is 0 Å². The van der Waals surface area contributed by atoms with Gasteiger partial charge in [-0.25, -0.2) is 29.5 Å². The standard InChI is InChI=1S/C26H22N4O3.C24H18N4O3/c1-2-33-25(32)20-10-6-5-9-19(20)16-11-12-22-21(13-16)23(29-26(27)28-22)24(31)30-14-17-7-3-4-8-18(17)15-30;25-24-26-20-10-9-14(17-7-3-4-8-18(17)23(30)31)11-19(20)21(27-24)22(29)28-12-15-5-1-2-6-16(15)13-28/h3-13H,2,14-15H2,1H3,(H2,27,28,29);1-11H,12-13H2,(H,30,31)(H2,25,26,27). The molecular formula is C50H40N8O6. The number of nitrogen functional groups attached to an aromatic ring is 2. The number of carboxylic acid groups (broad SMARTS) is 1. The number of fused-ring (bicyclic) bond motifs is 4. The first-order chi connectivity index (χ1) is 31.1. The molecule has 0 unspecified atom stereocenters. The summed E-state index contributed by atoms with van der Waals surface area (Å²) in [5.74, 6) is -1.79. The van der Waals surface area contributed by atoms with Crippen molar-refractivity contribution < 1.29 is 29.0 Å². The zero-order valence-corrected chi connectivity index (χ0v) is 34.6. The molecule has 2 aliphatic heterocycles. The summed E-state index contributed by atoms with van der Waals surface area (Å²) in [7, 11) is 0. The predicted octanol–water partition coefficient (Wildman–Crippen LogP) is 7.94. The Labute approximate surface area is 366 Å². The van der Waals surface area contributed by atoms with Gasteiger partial charge in [0.2, 0.25) is 11.9 Å². The van der Waals surface area contributed by atoms with E-state index >= 15 is 0 Å². The number of ether oxygens (including phenoxy) is 1. The minimum Gasteiger partial charge on any atom is -0.478 e. The number of anilines is 2. The highest BCUT2D eigenvalue weighted by molar-refractivity contribution is 6.08. The number of amides is 2. The van der Waals surface area contributed by atoms with Gasteiger partial charge >= 0.3 is 11.9 Å². The van der Waals surface area contributed by atoms with Crippen molar-refractivity contribution in [1.82, 2.24) is 29.7 Å². The normalized spacial score (nSPS) is 12.6. The van der Waals surface area contributed by atoms with Crippen molar-refractivity contribution in [1.29, 1.82) is 0 Å². The van der Waals surface area contributed by atoms with Gasteiger partial charge in [-0.1, -0.05) is 97.1 Å². The Bertz CT molecular complexity index is 3140. The fourth-order valence-electron chi connectivity index (χ4n) is 8.25. The molecular weight excluding hydrogens is 809 g/mol. The molecule has 64 heavy (non-hydrogen) atoms. The second-order valence-corrected chi connectivity index (χ2v) is 15.3. The molecule has 2 amide bonds. The lowest BCUT2D eigenvalue weighted by Crippen LogP contribution is -2.27. The number of carbonyl (C=O) groups is 4. The largest absolute Gasteiger partial charge is 0.478 e. The zero-order chi connectivity index (χ0) is 44.5. The van der Waals surface area contributed by atoms with Crippen LogP contribution in [-0.4, -0.2) is 65.2 Å².